The minimum Gasteiger partial charge on any atom is -0.310 e. The van der Waals surface area contributed by atoms with E-state index in [2.05, 4.69) is 16.5 Å². The number of nitrogens with one attached hydrogen (secondary N) is 1. The Labute approximate surface area is 142 Å². The van der Waals surface area contributed by atoms with Crippen LogP contribution < -0.4 is 5.32 Å². The van der Waals surface area contributed by atoms with Crippen LogP contribution in [0.15, 0.2) is 41.8 Å². The minimum absolute atomic E-state index is 0.0195. The summed E-state index contributed by atoms with van der Waals surface area (Å²) in [4.78, 5) is 13.4. The molecule has 0 fully saturated rings. The summed E-state index contributed by atoms with van der Waals surface area (Å²) in [7, 11) is 0. The summed E-state index contributed by atoms with van der Waals surface area (Å²) in [6, 6.07) is 11.5. The third-order valence-corrected chi connectivity index (χ3v) is 5.30. The molecule has 0 bridgehead atoms. The monoisotopic (exact) mass is 343 g/mol. The number of hydrogen-bond acceptors (Lipinski definition) is 3. The van der Waals surface area contributed by atoms with Crippen molar-refractivity contribution in [1.82, 2.24) is 9.78 Å². The lowest BCUT2D eigenvalue weighted by molar-refractivity contribution is -0.116. The van der Waals surface area contributed by atoms with E-state index in [9.17, 15) is 4.79 Å². The Morgan fingerprint density at radius 1 is 1.30 bits per heavy atom. The van der Waals surface area contributed by atoms with Crippen molar-refractivity contribution in [3.8, 4) is 5.69 Å². The van der Waals surface area contributed by atoms with Gasteiger partial charge in [-0.15, -0.1) is 11.3 Å². The molecule has 4 nitrogen and oxygen atoms in total. The molecular weight excluding hydrogens is 330 g/mol. The normalized spacial score (nSPS) is 17.0. The molecule has 0 unspecified atom stereocenters. The number of nitrogens with zero attached hydrogens (tertiary/aromatic N) is 2. The van der Waals surface area contributed by atoms with Gasteiger partial charge in [0.15, 0.2) is 0 Å². The van der Waals surface area contributed by atoms with Gasteiger partial charge < -0.3 is 5.32 Å². The summed E-state index contributed by atoms with van der Waals surface area (Å²) >= 11 is 7.64. The molecule has 1 aliphatic heterocycles. The van der Waals surface area contributed by atoms with E-state index >= 15 is 0 Å². The molecule has 1 amide bonds. The van der Waals surface area contributed by atoms with E-state index in [0.717, 1.165) is 22.8 Å². The Hall–Kier alpha value is -2.11. The fourth-order valence-electron chi connectivity index (χ4n) is 3.05. The molecule has 0 aliphatic carbocycles. The molecule has 0 radical (unpaired) electrons. The van der Waals surface area contributed by atoms with Crippen molar-refractivity contribution in [2.75, 3.05) is 5.32 Å². The van der Waals surface area contributed by atoms with E-state index in [-0.39, 0.29) is 11.8 Å². The number of benzene rings is 1. The van der Waals surface area contributed by atoms with Crippen LogP contribution >= 0.6 is 22.9 Å². The Kier molecular flexibility index (Phi) is 3.47. The molecule has 2 aromatic heterocycles. The van der Waals surface area contributed by atoms with Gasteiger partial charge in [0.2, 0.25) is 5.91 Å². The first kappa shape index (κ1) is 14.5. The molecule has 0 spiro atoms. The highest BCUT2D eigenvalue weighted by Crippen LogP contribution is 2.41. The predicted octanol–water partition coefficient (Wildman–Crippen LogP) is 4.37. The van der Waals surface area contributed by atoms with Crippen LogP contribution in [0.1, 0.15) is 28.5 Å². The molecule has 0 saturated heterocycles. The summed E-state index contributed by atoms with van der Waals surface area (Å²) in [5.74, 6) is 0.852. The third-order valence-electron chi connectivity index (χ3n) is 4.06. The fourth-order valence-corrected chi connectivity index (χ4v) is 4.01. The Balaban J connectivity index is 1.88. The number of carbonyl (C=O) groups excluding carboxylic acids is 1. The quantitative estimate of drug-likeness (QED) is 0.751. The molecule has 23 heavy (non-hydrogen) atoms. The fraction of sp³-hybridized carbons (Fsp3) is 0.176. The van der Waals surface area contributed by atoms with Gasteiger partial charge in [-0.1, -0.05) is 17.7 Å². The number of rotatable bonds is 2. The highest BCUT2D eigenvalue weighted by Gasteiger charge is 2.33. The standard InChI is InChI=1S/C17H14ClN3OS/c1-10-16-13(14-3-2-8-23-14)9-15(22)19-17(16)21(20-10)12-6-4-11(18)5-7-12/h2-8,13H,9H2,1H3,(H,19,22)/t13-/m0/s1. The lowest BCUT2D eigenvalue weighted by atomic mass is 9.91. The van der Waals surface area contributed by atoms with Crippen LogP contribution in [0, 0.1) is 6.92 Å². The van der Waals surface area contributed by atoms with Crippen molar-refractivity contribution in [2.45, 2.75) is 19.3 Å². The predicted molar refractivity (Wildman–Crippen MR) is 92.7 cm³/mol. The smallest absolute Gasteiger partial charge is 0.226 e. The zero-order valence-corrected chi connectivity index (χ0v) is 14.0. The van der Waals surface area contributed by atoms with E-state index in [4.69, 9.17) is 11.6 Å². The maximum Gasteiger partial charge on any atom is 0.226 e. The number of aromatic nitrogens is 2. The summed E-state index contributed by atoms with van der Waals surface area (Å²) < 4.78 is 1.79. The number of anilines is 1. The number of carbonyl (C=O) groups is 1. The summed E-state index contributed by atoms with van der Waals surface area (Å²) in [5, 5.41) is 10.4. The molecule has 1 atom stereocenters. The van der Waals surface area contributed by atoms with Gasteiger partial charge in [0.05, 0.1) is 11.4 Å². The first-order chi connectivity index (χ1) is 11.1. The number of hydrogen-bond donors (Lipinski definition) is 1. The minimum atomic E-state index is 0.0195. The first-order valence-electron chi connectivity index (χ1n) is 7.32. The van der Waals surface area contributed by atoms with Gasteiger partial charge in [-0.3, -0.25) is 4.79 Å². The molecule has 0 saturated carbocycles. The molecule has 1 N–H and O–H groups in total. The molecular formula is C17H14ClN3OS. The summed E-state index contributed by atoms with van der Waals surface area (Å²) in [6.45, 7) is 1.99. The van der Waals surface area contributed by atoms with Gasteiger partial charge in [0, 0.05) is 27.8 Å². The zero-order valence-electron chi connectivity index (χ0n) is 12.4. The number of amides is 1. The largest absolute Gasteiger partial charge is 0.310 e. The van der Waals surface area contributed by atoms with Crippen molar-refractivity contribution in [3.05, 3.63) is 62.9 Å². The van der Waals surface area contributed by atoms with Gasteiger partial charge in [-0.2, -0.15) is 5.10 Å². The van der Waals surface area contributed by atoms with E-state index in [1.54, 1.807) is 16.0 Å². The second-order valence-corrected chi connectivity index (χ2v) is 6.97. The van der Waals surface area contributed by atoms with Gasteiger partial charge in [0.1, 0.15) is 5.82 Å². The average Bonchev–Trinajstić information content (AvgIpc) is 3.16. The summed E-state index contributed by atoms with van der Waals surface area (Å²) in [5.41, 5.74) is 2.92. The molecule has 3 heterocycles. The first-order valence-corrected chi connectivity index (χ1v) is 8.58. The lowest BCUT2D eigenvalue weighted by Crippen LogP contribution is -2.24. The molecule has 3 aromatic rings. The topological polar surface area (TPSA) is 46.9 Å². The Morgan fingerprint density at radius 3 is 2.78 bits per heavy atom. The lowest BCUT2D eigenvalue weighted by Gasteiger charge is -2.23. The average molecular weight is 344 g/mol. The van der Waals surface area contributed by atoms with Crippen LogP contribution in [0.25, 0.3) is 5.69 Å². The summed E-state index contributed by atoms with van der Waals surface area (Å²) in [6.07, 6.45) is 0.459. The van der Waals surface area contributed by atoms with Crippen LogP contribution in [-0.2, 0) is 4.79 Å². The Bertz CT molecular complexity index is 868. The number of thiophene rings is 1. The zero-order chi connectivity index (χ0) is 16.0. The van der Waals surface area contributed by atoms with Gasteiger partial charge >= 0.3 is 0 Å². The van der Waals surface area contributed by atoms with Crippen molar-refractivity contribution >= 4 is 34.7 Å². The van der Waals surface area contributed by atoms with Crippen LogP contribution in [-0.4, -0.2) is 15.7 Å². The highest BCUT2D eigenvalue weighted by molar-refractivity contribution is 7.10. The molecule has 1 aromatic carbocycles. The third kappa shape index (κ3) is 2.46. The van der Waals surface area contributed by atoms with Gasteiger partial charge in [-0.25, -0.2) is 4.68 Å². The highest BCUT2D eigenvalue weighted by atomic mass is 35.5. The van der Waals surface area contributed by atoms with Crippen LogP contribution in [0.2, 0.25) is 5.02 Å². The SMILES string of the molecule is Cc1nn(-c2ccc(Cl)cc2)c2c1[C@H](c1cccs1)CC(=O)N2. The molecule has 116 valence electrons. The van der Waals surface area contributed by atoms with Crippen molar-refractivity contribution < 1.29 is 4.79 Å². The van der Waals surface area contributed by atoms with E-state index in [1.165, 1.54) is 4.88 Å². The van der Waals surface area contributed by atoms with E-state index in [1.807, 2.05) is 42.6 Å². The maximum absolute atomic E-state index is 12.2. The molecule has 4 rings (SSSR count). The number of aryl methyl sites for hydroxylation is 1. The molecule has 6 heteroatoms. The van der Waals surface area contributed by atoms with E-state index in [0.29, 0.717) is 11.4 Å². The van der Waals surface area contributed by atoms with Gasteiger partial charge in [0.25, 0.3) is 0 Å². The van der Waals surface area contributed by atoms with Crippen LogP contribution in [0.3, 0.4) is 0 Å². The maximum atomic E-state index is 12.2. The number of fused-ring (bicyclic) bond motifs is 1. The number of halogens is 1. The van der Waals surface area contributed by atoms with Crippen molar-refractivity contribution in [3.63, 3.8) is 0 Å². The van der Waals surface area contributed by atoms with Crippen molar-refractivity contribution in [1.29, 1.82) is 0 Å². The van der Waals surface area contributed by atoms with Crippen LogP contribution in [0.4, 0.5) is 5.82 Å². The molecule has 1 aliphatic rings. The second kappa shape index (κ2) is 5.51. The van der Waals surface area contributed by atoms with Crippen molar-refractivity contribution in [2.24, 2.45) is 0 Å². The van der Waals surface area contributed by atoms with Gasteiger partial charge in [-0.05, 0) is 42.6 Å². The van der Waals surface area contributed by atoms with E-state index < -0.39 is 0 Å². The van der Waals surface area contributed by atoms with Crippen LogP contribution in [0.5, 0.6) is 0 Å². The Morgan fingerprint density at radius 2 is 2.09 bits per heavy atom. The second-order valence-electron chi connectivity index (χ2n) is 5.56.